The molecule has 0 aliphatic rings. The Morgan fingerprint density at radius 2 is 2.08 bits per heavy atom. The van der Waals surface area contributed by atoms with Crippen molar-refractivity contribution in [2.75, 3.05) is 6.54 Å². The first-order chi connectivity index (χ1) is 12.6. The number of rotatable bonds is 8. The second kappa shape index (κ2) is 8.47. The molecule has 1 atom stereocenters. The maximum absolute atomic E-state index is 13.2. The molecule has 3 aromatic rings. The van der Waals surface area contributed by atoms with Gasteiger partial charge in [0, 0.05) is 37.8 Å². The van der Waals surface area contributed by atoms with E-state index in [0.717, 1.165) is 17.0 Å². The highest BCUT2D eigenvalue weighted by atomic mass is 19.1. The molecule has 1 N–H and O–H groups in total. The predicted molar refractivity (Wildman–Crippen MR) is 96.1 cm³/mol. The van der Waals surface area contributed by atoms with Gasteiger partial charge in [-0.25, -0.2) is 4.39 Å². The van der Waals surface area contributed by atoms with Crippen LogP contribution in [-0.4, -0.2) is 22.2 Å². The minimum Gasteiger partial charge on any atom is -0.469 e. The van der Waals surface area contributed by atoms with Crippen LogP contribution in [0, 0.1) is 5.82 Å². The van der Waals surface area contributed by atoms with Crippen molar-refractivity contribution in [3.63, 3.8) is 0 Å². The Bertz CT molecular complexity index is 825. The third-order valence-corrected chi connectivity index (χ3v) is 4.44. The first kappa shape index (κ1) is 17.9. The highest BCUT2D eigenvalue weighted by Crippen LogP contribution is 2.28. The summed E-state index contributed by atoms with van der Waals surface area (Å²) in [6.45, 7) is 0.521. The molecule has 26 heavy (non-hydrogen) atoms. The van der Waals surface area contributed by atoms with Crippen molar-refractivity contribution in [3.05, 3.63) is 77.8 Å². The zero-order chi connectivity index (χ0) is 18.4. The van der Waals surface area contributed by atoms with Gasteiger partial charge in [-0.2, -0.15) is 5.10 Å². The molecule has 2 heterocycles. The Hall–Kier alpha value is -2.89. The highest BCUT2D eigenvalue weighted by Gasteiger charge is 2.17. The van der Waals surface area contributed by atoms with Crippen molar-refractivity contribution < 1.29 is 13.6 Å². The number of nitrogens with zero attached hydrogens (tertiary/aromatic N) is 2. The molecule has 3 rings (SSSR count). The lowest BCUT2D eigenvalue weighted by atomic mass is 9.93. The number of aryl methyl sites for hydroxylation is 2. The van der Waals surface area contributed by atoms with E-state index in [0.29, 0.717) is 25.8 Å². The molecule has 0 bridgehead atoms. The molecule has 136 valence electrons. The van der Waals surface area contributed by atoms with E-state index in [4.69, 9.17) is 4.42 Å². The monoisotopic (exact) mass is 355 g/mol. The third-order valence-electron chi connectivity index (χ3n) is 4.44. The van der Waals surface area contributed by atoms with Crippen molar-refractivity contribution in [1.82, 2.24) is 15.1 Å². The zero-order valence-corrected chi connectivity index (χ0v) is 14.7. The summed E-state index contributed by atoms with van der Waals surface area (Å²) < 4.78 is 20.5. The number of aromatic nitrogens is 2. The number of hydrogen-bond acceptors (Lipinski definition) is 3. The standard InChI is InChI=1S/C20H22FN3O2/c1-24-17(10-13-23-24)8-9-20(25)22-12-11-18(19-3-2-14-26-19)15-4-6-16(21)7-5-15/h2-7,10,13-14,18H,8-9,11-12H2,1H3,(H,22,25). The van der Waals surface area contributed by atoms with Crippen molar-refractivity contribution in [1.29, 1.82) is 0 Å². The number of carbonyl (C=O) groups is 1. The second-order valence-electron chi connectivity index (χ2n) is 6.20. The molecule has 0 spiro atoms. The first-order valence-corrected chi connectivity index (χ1v) is 8.66. The van der Waals surface area contributed by atoms with Crippen LogP contribution >= 0.6 is 0 Å². The van der Waals surface area contributed by atoms with Gasteiger partial charge in [0.2, 0.25) is 5.91 Å². The summed E-state index contributed by atoms with van der Waals surface area (Å²) in [5.74, 6) is 0.516. The second-order valence-corrected chi connectivity index (χ2v) is 6.20. The minimum atomic E-state index is -0.268. The molecule has 2 aromatic heterocycles. The van der Waals surface area contributed by atoms with Gasteiger partial charge in [0.1, 0.15) is 11.6 Å². The van der Waals surface area contributed by atoms with E-state index in [-0.39, 0.29) is 17.6 Å². The smallest absolute Gasteiger partial charge is 0.220 e. The fourth-order valence-corrected chi connectivity index (χ4v) is 2.99. The van der Waals surface area contributed by atoms with Crippen molar-refractivity contribution >= 4 is 5.91 Å². The Balaban J connectivity index is 1.54. The molecular formula is C20H22FN3O2. The van der Waals surface area contributed by atoms with Crippen LogP contribution in [0.1, 0.15) is 35.8 Å². The van der Waals surface area contributed by atoms with E-state index >= 15 is 0 Å². The van der Waals surface area contributed by atoms with E-state index in [2.05, 4.69) is 10.4 Å². The fraction of sp³-hybridized carbons (Fsp3) is 0.300. The summed E-state index contributed by atoms with van der Waals surface area (Å²) in [4.78, 5) is 12.1. The molecule has 0 fully saturated rings. The van der Waals surface area contributed by atoms with Crippen LogP contribution in [-0.2, 0) is 18.3 Å². The number of carbonyl (C=O) groups excluding carboxylic acids is 1. The summed E-state index contributed by atoms with van der Waals surface area (Å²) in [6, 6.07) is 12.0. The normalized spacial score (nSPS) is 12.1. The zero-order valence-electron chi connectivity index (χ0n) is 14.7. The average Bonchev–Trinajstić information content (AvgIpc) is 3.30. The van der Waals surface area contributed by atoms with Gasteiger partial charge in [0.15, 0.2) is 0 Å². The lowest BCUT2D eigenvalue weighted by Gasteiger charge is -2.16. The summed E-state index contributed by atoms with van der Waals surface area (Å²) in [6.07, 6.45) is 5.10. The van der Waals surface area contributed by atoms with E-state index < -0.39 is 0 Å². The number of furan rings is 1. The van der Waals surface area contributed by atoms with Crippen LogP contribution in [0.25, 0.3) is 0 Å². The summed E-state index contributed by atoms with van der Waals surface area (Å²) in [7, 11) is 1.86. The molecule has 0 aliphatic carbocycles. The van der Waals surface area contributed by atoms with Crippen LogP contribution < -0.4 is 5.32 Å². The van der Waals surface area contributed by atoms with Crippen LogP contribution in [0.2, 0.25) is 0 Å². The Kier molecular flexibility index (Phi) is 5.84. The van der Waals surface area contributed by atoms with E-state index in [1.807, 2.05) is 25.2 Å². The van der Waals surface area contributed by atoms with Gasteiger partial charge >= 0.3 is 0 Å². The SMILES string of the molecule is Cn1nccc1CCC(=O)NCCC(c1ccc(F)cc1)c1ccco1. The van der Waals surface area contributed by atoms with E-state index in [9.17, 15) is 9.18 Å². The fourth-order valence-electron chi connectivity index (χ4n) is 2.99. The molecule has 1 amide bonds. The van der Waals surface area contributed by atoms with Crippen LogP contribution in [0.15, 0.2) is 59.3 Å². The third kappa shape index (κ3) is 4.59. The number of benzene rings is 1. The topological polar surface area (TPSA) is 60.1 Å². The molecule has 0 saturated carbocycles. The number of nitrogens with one attached hydrogen (secondary N) is 1. The minimum absolute atomic E-state index is 0.00324. The lowest BCUT2D eigenvalue weighted by molar-refractivity contribution is -0.121. The van der Waals surface area contributed by atoms with Gasteiger partial charge in [0.05, 0.1) is 6.26 Å². The molecule has 0 radical (unpaired) electrons. The highest BCUT2D eigenvalue weighted by molar-refractivity contribution is 5.76. The van der Waals surface area contributed by atoms with Crippen molar-refractivity contribution in [3.8, 4) is 0 Å². The number of hydrogen-bond donors (Lipinski definition) is 1. The molecule has 5 nitrogen and oxygen atoms in total. The van der Waals surface area contributed by atoms with Gasteiger partial charge in [-0.3, -0.25) is 9.48 Å². The maximum Gasteiger partial charge on any atom is 0.220 e. The summed E-state index contributed by atoms with van der Waals surface area (Å²) in [5.41, 5.74) is 1.99. The lowest BCUT2D eigenvalue weighted by Crippen LogP contribution is -2.26. The Morgan fingerprint density at radius 3 is 2.73 bits per heavy atom. The van der Waals surface area contributed by atoms with E-state index in [1.165, 1.54) is 12.1 Å². The molecular weight excluding hydrogens is 333 g/mol. The number of halogens is 1. The predicted octanol–water partition coefficient (Wildman–Crippen LogP) is 3.42. The van der Waals surface area contributed by atoms with Gasteiger partial charge in [-0.1, -0.05) is 12.1 Å². The Morgan fingerprint density at radius 1 is 1.27 bits per heavy atom. The van der Waals surface area contributed by atoms with Gasteiger partial charge in [-0.15, -0.1) is 0 Å². The van der Waals surface area contributed by atoms with Crippen LogP contribution in [0.5, 0.6) is 0 Å². The van der Waals surface area contributed by atoms with Crippen LogP contribution in [0.3, 0.4) is 0 Å². The van der Waals surface area contributed by atoms with E-state index in [1.54, 1.807) is 29.3 Å². The van der Waals surface area contributed by atoms with Crippen LogP contribution in [0.4, 0.5) is 4.39 Å². The number of amides is 1. The van der Waals surface area contributed by atoms with Gasteiger partial charge < -0.3 is 9.73 Å². The van der Waals surface area contributed by atoms with Crippen molar-refractivity contribution in [2.45, 2.75) is 25.2 Å². The summed E-state index contributed by atoms with van der Waals surface area (Å²) >= 11 is 0. The first-order valence-electron chi connectivity index (χ1n) is 8.66. The molecule has 0 saturated heterocycles. The quantitative estimate of drug-likeness (QED) is 0.673. The van der Waals surface area contributed by atoms with Gasteiger partial charge in [0.25, 0.3) is 0 Å². The Labute approximate surface area is 151 Å². The molecule has 6 heteroatoms. The molecule has 1 aromatic carbocycles. The average molecular weight is 355 g/mol. The summed E-state index contributed by atoms with van der Waals surface area (Å²) in [5, 5.41) is 7.05. The molecule has 1 unspecified atom stereocenters. The van der Waals surface area contributed by atoms with Gasteiger partial charge in [-0.05, 0) is 48.7 Å². The molecule has 0 aliphatic heterocycles. The van der Waals surface area contributed by atoms with Crippen molar-refractivity contribution in [2.24, 2.45) is 7.05 Å². The largest absolute Gasteiger partial charge is 0.469 e. The maximum atomic E-state index is 13.2.